The van der Waals surface area contributed by atoms with Crippen molar-refractivity contribution < 1.29 is 47.5 Å². The van der Waals surface area contributed by atoms with Gasteiger partial charge in [0.2, 0.25) is 0 Å². The van der Waals surface area contributed by atoms with Gasteiger partial charge >= 0.3 is 5.97 Å². The Morgan fingerprint density at radius 1 is 0.857 bits per heavy atom. The summed E-state index contributed by atoms with van der Waals surface area (Å²) in [4.78, 5) is 38.8. The molecule has 3 unspecified atom stereocenters. The molecule has 7 aliphatic rings. The van der Waals surface area contributed by atoms with E-state index < -0.39 is 18.3 Å². The van der Waals surface area contributed by atoms with Crippen LogP contribution in [0.5, 0.6) is 0 Å². The summed E-state index contributed by atoms with van der Waals surface area (Å²) in [6.45, 7) is 8.24. The van der Waals surface area contributed by atoms with Crippen LogP contribution in [0.25, 0.3) is 10.9 Å². The number of rotatable bonds is 10. The van der Waals surface area contributed by atoms with Gasteiger partial charge in [-0.3, -0.25) is 14.6 Å². The van der Waals surface area contributed by atoms with Gasteiger partial charge in [-0.05, 0) is 133 Å². The van der Waals surface area contributed by atoms with Gasteiger partial charge in [-0.2, -0.15) is 0 Å². The molecule has 0 N–H and O–H groups in total. The number of hydrogen-bond donors (Lipinski definition) is 0. The van der Waals surface area contributed by atoms with E-state index in [4.69, 9.17) is 37.9 Å². The number of carbonyl (C=O) groups is 2. The fraction of sp³-hybridized carbons (Fsp3) is 0.740. The molecule has 0 bridgehead atoms. The summed E-state index contributed by atoms with van der Waals surface area (Å²) < 4.78 is 50.8. The van der Waals surface area contributed by atoms with Gasteiger partial charge in [0.05, 0.1) is 48.4 Å². The first kappa shape index (κ1) is 45.2. The minimum atomic E-state index is -0.635. The number of methoxy groups -OCH3 is 3. The summed E-state index contributed by atoms with van der Waals surface area (Å²) >= 11 is 0. The molecule has 2 aromatic rings. The molecule has 1 aromatic heterocycles. The SMILES string of the molecule is CC[C@H]1CCC[C@H](O[C@H]2CC[C@H](N(C)C)C(C)O2)[C@@H](C)C(=O)C2=C[C@H]3[C@@H]4C[C@H](O[C@@H]5OC(C)[C@H](OC)C(OC)[C@@H]5OC)C[C@H]4[C@H]4[C@@H]([C@H]3[C@@H]2CC(=O)O1)N4c1ccc2ncccc2c1. The maximum absolute atomic E-state index is 15.3. The highest BCUT2D eigenvalue weighted by molar-refractivity contribution is 5.99. The molecule has 6 fully saturated rings. The molecule has 63 heavy (non-hydrogen) atoms. The largest absolute Gasteiger partial charge is 0.462 e. The second kappa shape index (κ2) is 18.7. The van der Waals surface area contributed by atoms with Gasteiger partial charge in [-0.1, -0.05) is 26.0 Å². The van der Waals surface area contributed by atoms with Crippen LogP contribution >= 0.6 is 0 Å². The van der Waals surface area contributed by atoms with Crippen molar-refractivity contribution in [2.45, 2.75) is 165 Å². The van der Waals surface area contributed by atoms with Crippen LogP contribution in [0.2, 0.25) is 0 Å². The molecule has 0 spiro atoms. The molecule has 0 radical (unpaired) electrons. The van der Waals surface area contributed by atoms with Crippen molar-refractivity contribution >= 4 is 28.3 Å². The number of ether oxygens (including phenoxy) is 8. The van der Waals surface area contributed by atoms with Crippen molar-refractivity contribution in [2.75, 3.05) is 40.3 Å². The first-order valence-electron chi connectivity index (χ1n) is 23.9. The zero-order chi connectivity index (χ0) is 44.3. The Kier molecular flexibility index (Phi) is 13.4. The van der Waals surface area contributed by atoms with Crippen molar-refractivity contribution in [1.29, 1.82) is 0 Å². The van der Waals surface area contributed by atoms with E-state index in [0.29, 0.717) is 18.4 Å². The number of cyclic esters (lactones) is 1. The van der Waals surface area contributed by atoms with Gasteiger partial charge in [0.15, 0.2) is 18.4 Å². The lowest BCUT2D eigenvalue weighted by Crippen LogP contribution is -2.59. The van der Waals surface area contributed by atoms with Crippen molar-refractivity contribution in [3.05, 3.63) is 48.2 Å². The lowest BCUT2D eigenvalue weighted by molar-refractivity contribution is -0.314. The minimum absolute atomic E-state index is 0.0162. The molecule has 0 amide bonds. The highest BCUT2D eigenvalue weighted by Gasteiger charge is 2.69. The average molecular weight is 874 g/mol. The number of carbonyl (C=O) groups excluding carboxylic acids is 2. The Morgan fingerprint density at radius 3 is 2.37 bits per heavy atom. The van der Waals surface area contributed by atoms with E-state index >= 15 is 4.79 Å². The lowest BCUT2D eigenvalue weighted by atomic mass is 9.66. The third kappa shape index (κ3) is 8.52. The summed E-state index contributed by atoms with van der Waals surface area (Å²) in [6.07, 6.45) is 7.66. The van der Waals surface area contributed by atoms with Crippen LogP contribution in [0.15, 0.2) is 48.2 Å². The number of benzene rings is 1. The smallest absolute Gasteiger partial charge is 0.306 e. The van der Waals surface area contributed by atoms with Crippen LogP contribution < -0.4 is 4.90 Å². The van der Waals surface area contributed by atoms with E-state index in [0.717, 1.165) is 67.1 Å². The van der Waals surface area contributed by atoms with Crippen molar-refractivity contribution in [1.82, 2.24) is 9.88 Å². The van der Waals surface area contributed by atoms with Gasteiger partial charge < -0.3 is 47.7 Å². The fourth-order valence-electron chi connectivity index (χ4n) is 13.2. The molecule has 1 aromatic carbocycles. The molecule has 2 saturated carbocycles. The van der Waals surface area contributed by atoms with E-state index in [1.807, 2.05) is 26.1 Å². The van der Waals surface area contributed by atoms with E-state index in [1.54, 1.807) is 21.3 Å². The number of hydrogen-bond acceptors (Lipinski definition) is 13. The zero-order valence-electron chi connectivity index (χ0n) is 38.8. The molecule has 13 heteroatoms. The van der Waals surface area contributed by atoms with Crippen LogP contribution in [-0.4, -0.2) is 137 Å². The quantitative estimate of drug-likeness (QED) is 0.185. The molecule has 9 rings (SSSR count). The third-order valence-corrected chi connectivity index (χ3v) is 16.3. The Morgan fingerprint density at radius 2 is 1.63 bits per heavy atom. The number of allylic oxidation sites excluding steroid dienone is 2. The summed E-state index contributed by atoms with van der Waals surface area (Å²) in [5.41, 5.74) is 2.88. The number of esters is 1. The van der Waals surface area contributed by atoms with Crippen LogP contribution in [0.1, 0.15) is 85.5 Å². The standard InChI is InChI=1S/C50H71N3O10/c1-10-31-14-11-15-40(63-42-19-18-39(52(5)6)27(3)59-42)26(2)46(55)37-24-34-33-22-32(62-50-49(58-9)48(57-8)47(56-7)28(4)60-50)23-36(33)44-45(43(34)35(37)25-41(54)61-31)53(44)30-16-17-38-29(21-30)13-12-20-51-38/h12-13,16-17,20-21,24,26-28,31-36,39-40,42-45,47-50H,10-11,14-15,18-19,22-23,25H2,1-9H3/t26-,27?,28?,31+,32+,33+,34+,35-,36-,39+,40+,42+,43-,44+,45-,47+,48?,49+,50+,53?/m1/s1. The Balaban J connectivity index is 1.04. The van der Waals surface area contributed by atoms with Crippen LogP contribution in [0.4, 0.5) is 5.69 Å². The van der Waals surface area contributed by atoms with E-state index in [-0.39, 0.29) is 103 Å². The first-order chi connectivity index (χ1) is 30.4. The molecule has 3 aliphatic carbocycles. The summed E-state index contributed by atoms with van der Waals surface area (Å²) in [6, 6.07) is 11.3. The number of nitrogens with zero attached hydrogens (tertiary/aromatic N) is 3. The van der Waals surface area contributed by atoms with Crippen molar-refractivity contribution in [2.24, 2.45) is 35.5 Å². The van der Waals surface area contributed by atoms with Gasteiger partial charge in [-0.15, -0.1) is 0 Å². The number of ketones is 1. The van der Waals surface area contributed by atoms with Gasteiger partial charge in [0.1, 0.15) is 24.4 Å². The topological polar surface area (TPSA) is 127 Å². The van der Waals surface area contributed by atoms with Gasteiger partial charge in [0, 0.05) is 56.5 Å². The van der Waals surface area contributed by atoms with Crippen molar-refractivity contribution in [3.63, 3.8) is 0 Å². The number of aromatic nitrogens is 1. The zero-order valence-corrected chi connectivity index (χ0v) is 38.8. The average Bonchev–Trinajstić information content (AvgIpc) is 3.68. The molecule has 4 aliphatic heterocycles. The Bertz CT molecular complexity index is 1980. The minimum Gasteiger partial charge on any atom is -0.462 e. The molecule has 5 heterocycles. The second-order valence-electron chi connectivity index (χ2n) is 19.9. The Labute approximate surface area is 373 Å². The Hall–Kier alpha value is -3.01. The van der Waals surface area contributed by atoms with E-state index in [1.165, 1.54) is 0 Å². The normalized spacial score (nSPS) is 43.0. The summed E-state index contributed by atoms with van der Waals surface area (Å²) in [7, 11) is 9.21. The van der Waals surface area contributed by atoms with E-state index in [2.05, 4.69) is 73.1 Å². The predicted molar refractivity (Wildman–Crippen MR) is 237 cm³/mol. The molecule has 13 nitrogen and oxygen atoms in total. The molecular weight excluding hydrogens is 803 g/mol. The highest BCUT2D eigenvalue weighted by Crippen LogP contribution is 2.65. The second-order valence-corrected chi connectivity index (χ2v) is 19.9. The maximum atomic E-state index is 15.3. The number of anilines is 1. The van der Waals surface area contributed by atoms with Gasteiger partial charge in [-0.25, -0.2) is 0 Å². The molecular formula is C50H71N3O10. The van der Waals surface area contributed by atoms with Crippen molar-refractivity contribution in [3.8, 4) is 0 Å². The summed E-state index contributed by atoms with van der Waals surface area (Å²) in [5, 5.41) is 1.09. The fourth-order valence-corrected chi connectivity index (χ4v) is 13.2. The van der Waals surface area contributed by atoms with Gasteiger partial charge in [0.25, 0.3) is 0 Å². The van der Waals surface area contributed by atoms with Crippen LogP contribution in [0.3, 0.4) is 0 Å². The molecule has 19 atom stereocenters. The van der Waals surface area contributed by atoms with E-state index in [9.17, 15) is 4.79 Å². The lowest BCUT2D eigenvalue weighted by Gasteiger charge is -2.44. The number of fused-ring (bicyclic) bond motifs is 9. The number of pyridine rings is 1. The maximum Gasteiger partial charge on any atom is 0.306 e. The molecule has 4 saturated heterocycles. The monoisotopic (exact) mass is 874 g/mol. The predicted octanol–water partition coefficient (Wildman–Crippen LogP) is 6.74. The third-order valence-electron chi connectivity index (χ3n) is 16.3. The van der Waals surface area contributed by atoms with Crippen LogP contribution in [-0.2, 0) is 47.5 Å². The number of likely N-dealkylation sites (N-methyl/N-ethyl adjacent to an activating group) is 1. The highest BCUT2D eigenvalue weighted by atomic mass is 16.7. The van der Waals surface area contributed by atoms with Crippen LogP contribution in [0, 0.1) is 35.5 Å². The molecule has 346 valence electrons. The first-order valence-corrected chi connectivity index (χ1v) is 23.9. The number of Topliss-reactive ketones (excluding diaryl/α,β-unsaturated/α-hetero) is 1. The summed E-state index contributed by atoms with van der Waals surface area (Å²) in [5.74, 6) is -0.162.